The fourth-order valence-electron chi connectivity index (χ4n) is 8.63. The van der Waals surface area contributed by atoms with E-state index in [1.165, 1.54) is 12.1 Å². The number of fused-ring (bicyclic) bond motifs is 6. The van der Waals surface area contributed by atoms with Gasteiger partial charge in [-0.25, -0.2) is 34.7 Å². The van der Waals surface area contributed by atoms with Crippen LogP contribution in [0.3, 0.4) is 0 Å². The Kier molecular flexibility index (Phi) is 8.68. The van der Waals surface area contributed by atoms with Gasteiger partial charge >= 0.3 is 6.18 Å². The molecule has 0 bridgehead atoms. The summed E-state index contributed by atoms with van der Waals surface area (Å²) < 4.78 is 48.9. The van der Waals surface area contributed by atoms with E-state index in [2.05, 4.69) is 40.8 Å². The van der Waals surface area contributed by atoms with Crippen molar-refractivity contribution in [2.24, 2.45) is 0 Å². The second-order valence-electron chi connectivity index (χ2n) is 15.0. The van der Waals surface area contributed by atoms with Gasteiger partial charge in [0.2, 0.25) is 0 Å². The number of hydrogen-bond donors (Lipinski definition) is 0. The fraction of sp³-hybridized carbons (Fsp3) is 0.102. The van der Waals surface area contributed by atoms with E-state index in [0.29, 0.717) is 68.4 Å². The molecule has 13 heteroatoms. The Morgan fingerprint density at radius 1 is 0.532 bits per heavy atom. The van der Waals surface area contributed by atoms with Crippen molar-refractivity contribution < 1.29 is 13.2 Å². The molecule has 0 unspecified atom stereocenters. The smallest absolute Gasteiger partial charge is 0.308 e. The number of nitrogens with zero attached hydrogens (tertiary/aromatic N) is 10. The molecule has 0 saturated carbocycles. The maximum absolute atomic E-state index is 15.0. The van der Waals surface area contributed by atoms with Crippen molar-refractivity contribution in [3.63, 3.8) is 0 Å². The van der Waals surface area contributed by atoms with Crippen LogP contribution in [0.4, 0.5) is 18.9 Å². The van der Waals surface area contributed by atoms with Crippen molar-refractivity contribution in [2.45, 2.75) is 33.9 Å². The number of para-hydroxylation sites is 2. The third-order valence-electron chi connectivity index (χ3n) is 11.0. The molecule has 10 aromatic rings. The molecular weight excluding hydrogens is 786 g/mol. The second kappa shape index (κ2) is 14.2. The Morgan fingerprint density at radius 3 is 1.42 bits per heavy atom. The Bertz CT molecular complexity index is 3370. The van der Waals surface area contributed by atoms with Crippen molar-refractivity contribution in [3.05, 3.63) is 161 Å². The molecule has 6 aromatic carbocycles. The highest BCUT2D eigenvalue weighted by Gasteiger charge is 2.35. The third-order valence-corrected chi connectivity index (χ3v) is 11.0. The Hall–Kier alpha value is -8.29. The molecule has 4 heterocycles. The number of rotatable bonds is 5. The van der Waals surface area contributed by atoms with E-state index in [1.807, 2.05) is 94.1 Å². The second-order valence-corrected chi connectivity index (χ2v) is 15.0. The molecule has 298 valence electrons. The fourth-order valence-corrected chi connectivity index (χ4v) is 8.63. The lowest BCUT2D eigenvalue weighted by Crippen LogP contribution is -2.09. The highest BCUT2D eigenvalue weighted by atomic mass is 19.4. The number of nitriles is 1. The summed E-state index contributed by atoms with van der Waals surface area (Å²) in [5.74, 6) is 3.31. The summed E-state index contributed by atoms with van der Waals surface area (Å²) in [5, 5.41) is 14.7. The molecule has 10 nitrogen and oxygen atoms in total. The van der Waals surface area contributed by atoms with E-state index < -0.39 is 11.7 Å². The van der Waals surface area contributed by atoms with Crippen LogP contribution in [0.1, 0.15) is 34.4 Å². The van der Waals surface area contributed by atoms with E-state index in [4.69, 9.17) is 6.57 Å². The zero-order valence-corrected chi connectivity index (χ0v) is 33.6. The van der Waals surface area contributed by atoms with E-state index in [0.717, 1.165) is 38.7 Å². The summed E-state index contributed by atoms with van der Waals surface area (Å²) >= 11 is 0. The van der Waals surface area contributed by atoms with Crippen molar-refractivity contribution in [1.82, 2.24) is 39.0 Å². The number of alkyl halides is 3. The van der Waals surface area contributed by atoms with Crippen molar-refractivity contribution >= 4 is 49.3 Å². The number of hydrogen-bond acceptors (Lipinski definition) is 7. The Morgan fingerprint density at radius 2 is 0.984 bits per heavy atom. The standard InChI is InChI=1S/C49H31F3N10/c1-26-55-27(2)58-47(57-26)30-17-19-42-35(21-30)33-11-6-8-15-40(33)61(42)44-23-32(46-38(49(50,51)52)13-10-14-39(46)54-5)24-45(37(44)25-53)62-41-16-9-7-12-34(41)36-22-31(18-20-43(36)62)48-59-28(3)56-29(4)60-48/h6-24H,1-4H3. The summed E-state index contributed by atoms with van der Waals surface area (Å²) in [4.78, 5) is 30.6. The highest BCUT2D eigenvalue weighted by Crippen LogP contribution is 2.46. The molecule has 0 aliphatic carbocycles. The first kappa shape index (κ1) is 37.9. The maximum Gasteiger partial charge on any atom is 0.415 e. The van der Waals surface area contributed by atoms with Gasteiger partial charge in [0.25, 0.3) is 0 Å². The van der Waals surface area contributed by atoms with Crippen LogP contribution in [-0.4, -0.2) is 39.0 Å². The van der Waals surface area contributed by atoms with Gasteiger partial charge in [-0.15, -0.1) is 0 Å². The van der Waals surface area contributed by atoms with Gasteiger partial charge in [0.1, 0.15) is 34.9 Å². The Balaban J connectivity index is 1.33. The SMILES string of the molecule is [C-]#[N+]c1cccc(C(F)(F)F)c1-c1cc(-n2c3ccccc3c3cc(-c4nc(C)nc(C)n4)ccc32)c(C#N)c(-n2c3ccccc3c3cc(-c4nc(C)nc(C)n4)ccc32)c1. The van der Waals surface area contributed by atoms with Gasteiger partial charge in [-0.05, 0) is 99.5 Å². The van der Waals surface area contributed by atoms with Crippen LogP contribution in [0.5, 0.6) is 0 Å². The quantitative estimate of drug-likeness (QED) is 0.159. The summed E-state index contributed by atoms with van der Waals surface area (Å²) in [6, 6.07) is 36.2. The molecule has 0 fully saturated rings. The lowest BCUT2D eigenvalue weighted by Gasteiger charge is -2.21. The molecule has 62 heavy (non-hydrogen) atoms. The lowest BCUT2D eigenvalue weighted by molar-refractivity contribution is -0.137. The zero-order valence-electron chi connectivity index (χ0n) is 33.6. The van der Waals surface area contributed by atoms with E-state index in [-0.39, 0.29) is 22.4 Å². The van der Waals surface area contributed by atoms with Crippen LogP contribution < -0.4 is 0 Å². The first-order chi connectivity index (χ1) is 29.9. The third kappa shape index (κ3) is 6.09. The minimum atomic E-state index is -4.80. The van der Waals surface area contributed by atoms with Crippen LogP contribution in [0, 0.1) is 45.6 Å². The van der Waals surface area contributed by atoms with Gasteiger partial charge in [-0.3, -0.25) is 0 Å². The van der Waals surface area contributed by atoms with Crippen molar-refractivity contribution in [3.8, 4) is 51.3 Å². The lowest BCUT2D eigenvalue weighted by atomic mass is 9.94. The predicted molar refractivity (Wildman–Crippen MR) is 233 cm³/mol. The van der Waals surface area contributed by atoms with Gasteiger partial charge in [0, 0.05) is 32.7 Å². The Labute approximate surface area is 352 Å². The molecular formula is C49H31F3N10. The van der Waals surface area contributed by atoms with E-state index >= 15 is 13.2 Å². The summed E-state index contributed by atoms with van der Waals surface area (Å²) in [6.07, 6.45) is -4.80. The first-order valence-corrected chi connectivity index (χ1v) is 19.5. The van der Waals surface area contributed by atoms with Crippen LogP contribution in [-0.2, 0) is 6.18 Å². The van der Waals surface area contributed by atoms with Gasteiger partial charge in [-0.2, -0.15) is 18.4 Å². The average Bonchev–Trinajstić information content (AvgIpc) is 3.76. The number of aromatic nitrogens is 8. The normalized spacial score (nSPS) is 11.8. The summed E-state index contributed by atoms with van der Waals surface area (Å²) in [7, 11) is 0. The molecule has 4 aromatic heterocycles. The number of aryl methyl sites for hydroxylation is 4. The molecule has 0 aliphatic rings. The zero-order chi connectivity index (χ0) is 43.0. The monoisotopic (exact) mass is 816 g/mol. The minimum Gasteiger partial charge on any atom is -0.308 e. The van der Waals surface area contributed by atoms with Gasteiger partial charge < -0.3 is 9.13 Å². The van der Waals surface area contributed by atoms with Crippen molar-refractivity contribution in [1.29, 1.82) is 5.26 Å². The highest BCUT2D eigenvalue weighted by molar-refractivity contribution is 6.12. The van der Waals surface area contributed by atoms with Crippen LogP contribution in [0.25, 0.3) is 93.7 Å². The predicted octanol–water partition coefficient (Wildman–Crippen LogP) is 11.9. The van der Waals surface area contributed by atoms with Gasteiger partial charge in [-0.1, -0.05) is 54.6 Å². The summed E-state index contributed by atoms with van der Waals surface area (Å²) in [6.45, 7) is 15.3. The molecule has 0 spiro atoms. The molecule has 0 N–H and O–H groups in total. The summed E-state index contributed by atoms with van der Waals surface area (Å²) in [5.41, 5.74) is 3.88. The van der Waals surface area contributed by atoms with E-state index in [9.17, 15) is 5.26 Å². The molecule has 0 amide bonds. The largest absolute Gasteiger partial charge is 0.415 e. The maximum atomic E-state index is 15.0. The first-order valence-electron chi connectivity index (χ1n) is 19.5. The topological polar surface area (TPSA) is 115 Å². The molecule has 10 rings (SSSR count). The minimum absolute atomic E-state index is 0.116. The molecule has 0 radical (unpaired) electrons. The molecule has 0 atom stereocenters. The van der Waals surface area contributed by atoms with Crippen LogP contribution in [0.2, 0.25) is 0 Å². The van der Waals surface area contributed by atoms with Gasteiger partial charge in [0.15, 0.2) is 17.3 Å². The molecule has 0 saturated heterocycles. The average molecular weight is 817 g/mol. The molecule has 0 aliphatic heterocycles. The van der Waals surface area contributed by atoms with Crippen molar-refractivity contribution in [2.75, 3.05) is 0 Å². The van der Waals surface area contributed by atoms with Gasteiger partial charge in [0.05, 0.1) is 45.6 Å². The number of halogens is 3. The number of benzene rings is 6. The van der Waals surface area contributed by atoms with Crippen LogP contribution >= 0.6 is 0 Å². The van der Waals surface area contributed by atoms with Crippen LogP contribution in [0.15, 0.2) is 115 Å². The van der Waals surface area contributed by atoms with E-state index in [1.54, 1.807) is 39.8 Å².